The Hall–Kier alpha value is -3.60. The third-order valence-electron chi connectivity index (χ3n) is 7.22. The first-order chi connectivity index (χ1) is 16.7. The number of nitrogens with one attached hydrogen (secondary N) is 2. The van der Waals surface area contributed by atoms with Crippen molar-refractivity contribution in [2.75, 3.05) is 5.32 Å². The van der Waals surface area contributed by atoms with Crippen molar-refractivity contribution in [1.29, 1.82) is 0 Å². The Kier molecular flexibility index (Phi) is 5.54. The van der Waals surface area contributed by atoms with Crippen molar-refractivity contribution in [3.8, 4) is 11.1 Å². The summed E-state index contributed by atoms with van der Waals surface area (Å²) in [6, 6.07) is 22.1. The first-order valence-corrected chi connectivity index (χ1v) is 12.5. The van der Waals surface area contributed by atoms with Crippen molar-refractivity contribution in [2.45, 2.75) is 57.9 Å². The molecule has 0 atom stereocenters. The van der Waals surface area contributed by atoms with Gasteiger partial charge in [-0.15, -0.1) is 0 Å². The fraction of sp³-hybridized carbons (Fsp3) is 0.310. The lowest BCUT2D eigenvalue weighted by molar-refractivity contribution is 0.461. The van der Waals surface area contributed by atoms with Gasteiger partial charge in [0.15, 0.2) is 0 Å². The van der Waals surface area contributed by atoms with Crippen LogP contribution in [0.15, 0.2) is 66.9 Å². The zero-order chi connectivity index (χ0) is 22.9. The summed E-state index contributed by atoms with van der Waals surface area (Å²) in [6.07, 6.45) is 10.6. The maximum absolute atomic E-state index is 5.12. The molecule has 172 valence electrons. The molecule has 1 saturated carbocycles. The number of nitrogens with zero attached hydrogens (tertiary/aromatic N) is 3. The van der Waals surface area contributed by atoms with E-state index in [-0.39, 0.29) is 0 Å². The number of hydrogen-bond donors (Lipinski definition) is 2. The van der Waals surface area contributed by atoms with Gasteiger partial charge in [-0.1, -0.05) is 61.7 Å². The quantitative estimate of drug-likeness (QED) is 0.303. The SMILES string of the molecule is Cc1[nH]nc2cc(-c3ccn4c(NC5CCCCC5)c(CCc5ccccc5)nc4c3)ccc12. The summed E-state index contributed by atoms with van der Waals surface area (Å²) in [6.45, 7) is 2.06. The summed E-state index contributed by atoms with van der Waals surface area (Å²) in [7, 11) is 0. The molecule has 6 rings (SSSR count). The normalized spacial score (nSPS) is 14.7. The van der Waals surface area contributed by atoms with Gasteiger partial charge in [-0.3, -0.25) is 9.50 Å². The lowest BCUT2D eigenvalue weighted by Crippen LogP contribution is -2.23. The lowest BCUT2D eigenvalue weighted by atomic mass is 9.95. The molecule has 34 heavy (non-hydrogen) atoms. The first-order valence-electron chi connectivity index (χ1n) is 12.5. The summed E-state index contributed by atoms with van der Waals surface area (Å²) < 4.78 is 2.25. The topological polar surface area (TPSA) is 58.0 Å². The number of rotatable bonds is 6. The van der Waals surface area contributed by atoms with Gasteiger partial charge in [-0.2, -0.15) is 5.10 Å². The van der Waals surface area contributed by atoms with Crippen LogP contribution in [0.4, 0.5) is 5.82 Å². The molecule has 3 aromatic heterocycles. The van der Waals surface area contributed by atoms with E-state index in [1.807, 2.05) is 0 Å². The van der Waals surface area contributed by atoms with Crippen molar-refractivity contribution in [3.63, 3.8) is 0 Å². The number of benzene rings is 2. The van der Waals surface area contributed by atoms with Crippen LogP contribution in [0.3, 0.4) is 0 Å². The molecule has 2 N–H and O–H groups in total. The molecule has 0 saturated heterocycles. The highest BCUT2D eigenvalue weighted by molar-refractivity contribution is 5.86. The summed E-state index contributed by atoms with van der Waals surface area (Å²) in [5, 5.41) is 12.6. The minimum absolute atomic E-state index is 0.536. The van der Waals surface area contributed by atoms with Crippen molar-refractivity contribution < 1.29 is 0 Å². The Bertz CT molecular complexity index is 1420. The highest BCUT2D eigenvalue weighted by atomic mass is 15.1. The number of fused-ring (bicyclic) bond motifs is 2. The molecule has 0 amide bonds. The van der Waals surface area contributed by atoms with Crippen LogP contribution < -0.4 is 5.32 Å². The van der Waals surface area contributed by atoms with Crippen LogP contribution in [0.5, 0.6) is 0 Å². The summed E-state index contributed by atoms with van der Waals surface area (Å²) in [5.74, 6) is 1.17. The van der Waals surface area contributed by atoms with Crippen LogP contribution in [0, 0.1) is 6.92 Å². The smallest absolute Gasteiger partial charge is 0.139 e. The number of aryl methyl sites for hydroxylation is 3. The lowest BCUT2D eigenvalue weighted by Gasteiger charge is -2.24. The molecular formula is C29H31N5. The predicted molar refractivity (Wildman–Crippen MR) is 139 cm³/mol. The number of aromatic nitrogens is 4. The van der Waals surface area contributed by atoms with E-state index in [1.165, 1.54) is 54.4 Å². The summed E-state index contributed by atoms with van der Waals surface area (Å²) in [5.41, 5.74) is 7.94. The monoisotopic (exact) mass is 449 g/mol. The molecule has 0 radical (unpaired) electrons. The standard InChI is InChI=1S/C29H31N5/c1-20-25-14-13-22(18-27(25)33-32-20)23-16-17-34-28(19-23)31-26(15-12-21-8-4-2-5-9-21)29(34)30-24-10-6-3-7-11-24/h2,4-5,8-9,13-14,16-19,24,30H,3,6-7,10-12,15H2,1H3,(H,32,33). The highest BCUT2D eigenvalue weighted by Gasteiger charge is 2.19. The van der Waals surface area contributed by atoms with Gasteiger partial charge < -0.3 is 5.32 Å². The van der Waals surface area contributed by atoms with Crippen LogP contribution >= 0.6 is 0 Å². The molecule has 0 spiro atoms. The van der Waals surface area contributed by atoms with Gasteiger partial charge in [0.05, 0.1) is 11.2 Å². The number of imidazole rings is 1. The minimum Gasteiger partial charge on any atom is -0.367 e. The molecule has 0 bridgehead atoms. The maximum atomic E-state index is 5.12. The van der Waals surface area contributed by atoms with E-state index >= 15 is 0 Å². The van der Waals surface area contributed by atoms with Crippen molar-refractivity contribution >= 4 is 22.4 Å². The van der Waals surface area contributed by atoms with Gasteiger partial charge >= 0.3 is 0 Å². The van der Waals surface area contributed by atoms with E-state index in [0.29, 0.717) is 6.04 Å². The van der Waals surface area contributed by atoms with E-state index < -0.39 is 0 Å². The zero-order valence-electron chi connectivity index (χ0n) is 19.7. The van der Waals surface area contributed by atoms with Crippen LogP contribution in [0.2, 0.25) is 0 Å². The Morgan fingerprint density at radius 3 is 2.62 bits per heavy atom. The van der Waals surface area contributed by atoms with E-state index in [1.54, 1.807) is 0 Å². The third-order valence-corrected chi connectivity index (χ3v) is 7.22. The Morgan fingerprint density at radius 1 is 0.941 bits per heavy atom. The van der Waals surface area contributed by atoms with Crippen molar-refractivity contribution in [2.24, 2.45) is 0 Å². The van der Waals surface area contributed by atoms with Gasteiger partial charge in [-0.05, 0) is 67.5 Å². The van der Waals surface area contributed by atoms with Gasteiger partial charge in [0.1, 0.15) is 11.5 Å². The largest absolute Gasteiger partial charge is 0.367 e. The fourth-order valence-corrected chi connectivity index (χ4v) is 5.27. The molecule has 0 unspecified atom stereocenters. The predicted octanol–water partition coefficient (Wildman–Crippen LogP) is 6.72. The second-order valence-electron chi connectivity index (χ2n) is 9.60. The summed E-state index contributed by atoms with van der Waals surface area (Å²) >= 11 is 0. The maximum Gasteiger partial charge on any atom is 0.139 e. The average molecular weight is 450 g/mol. The number of anilines is 1. The molecule has 1 aliphatic rings. The van der Waals surface area contributed by atoms with Gasteiger partial charge in [0.2, 0.25) is 0 Å². The molecule has 1 aliphatic carbocycles. The second-order valence-corrected chi connectivity index (χ2v) is 9.60. The van der Waals surface area contributed by atoms with Crippen LogP contribution in [0.25, 0.3) is 27.7 Å². The third kappa shape index (κ3) is 4.07. The van der Waals surface area contributed by atoms with Crippen LogP contribution in [-0.2, 0) is 12.8 Å². The number of H-pyrrole nitrogens is 1. The number of aromatic amines is 1. The Morgan fingerprint density at radius 2 is 1.76 bits per heavy atom. The fourth-order valence-electron chi connectivity index (χ4n) is 5.27. The van der Waals surface area contributed by atoms with E-state index in [9.17, 15) is 0 Å². The second kappa shape index (κ2) is 8.98. The highest BCUT2D eigenvalue weighted by Crippen LogP contribution is 2.30. The summed E-state index contributed by atoms with van der Waals surface area (Å²) in [4.78, 5) is 5.12. The molecule has 2 aromatic carbocycles. The van der Waals surface area contributed by atoms with Gasteiger partial charge in [0.25, 0.3) is 0 Å². The van der Waals surface area contributed by atoms with Gasteiger partial charge in [-0.25, -0.2) is 4.98 Å². The Labute approximate surface area is 200 Å². The van der Waals surface area contributed by atoms with Crippen LogP contribution in [-0.4, -0.2) is 25.6 Å². The zero-order valence-corrected chi connectivity index (χ0v) is 19.7. The molecule has 5 aromatic rings. The van der Waals surface area contributed by atoms with E-state index in [0.717, 1.165) is 41.0 Å². The first kappa shape index (κ1) is 21.0. The van der Waals surface area contributed by atoms with Crippen LogP contribution in [0.1, 0.15) is 49.1 Å². The molecule has 3 heterocycles. The molecule has 0 aliphatic heterocycles. The Balaban J connectivity index is 1.36. The average Bonchev–Trinajstić information content (AvgIpc) is 3.43. The number of pyridine rings is 1. The van der Waals surface area contributed by atoms with E-state index in [2.05, 4.69) is 93.7 Å². The molecular weight excluding hydrogens is 418 g/mol. The van der Waals surface area contributed by atoms with Crippen molar-refractivity contribution in [1.82, 2.24) is 19.6 Å². The minimum atomic E-state index is 0.536. The van der Waals surface area contributed by atoms with Gasteiger partial charge in [0, 0.05) is 23.3 Å². The molecule has 5 heteroatoms. The molecule has 5 nitrogen and oxygen atoms in total. The van der Waals surface area contributed by atoms with Crippen molar-refractivity contribution in [3.05, 3.63) is 83.8 Å². The molecule has 1 fully saturated rings. The van der Waals surface area contributed by atoms with E-state index in [4.69, 9.17) is 4.98 Å². The number of hydrogen-bond acceptors (Lipinski definition) is 3.